The number of likely N-dealkylation sites (N-methyl/N-ethyl adjacent to an activating group) is 1. The standard InChI is InChI=1S/C11H13NO2.HI/c1-12-4-3-8-6-11(14-2)10(13)5-9(8)7-12;/h5-7H,3-4H2,1-2H3;1H. The lowest BCUT2D eigenvalue weighted by Crippen LogP contribution is -3.00. The van der Waals surface area contributed by atoms with Crippen molar-refractivity contribution in [1.29, 1.82) is 0 Å². The lowest BCUT2D eigenvalue weighted by molar-refractivity contribution is -0.493. The Kier molecular flexibility index (Phi) is 3.96. The van der Waals surface area contributed by atoms with E-state index in [1.54, 1.807) is 13.2 Å². The summed E-state index contributed by atoms with van der Waals surface area (Å²) < 4.78 is 7.18. The van der Waals surface area contributed by atoms with Crippen LogP contribution in [0.2, 0.25) is 0 Å². The first-order valence-electron chi connectivity index (χ1n) is 4.65. The molecule has 82 valence electrons. The van der Waals surface area contributed by atoms with Gasteiger partial charge in [-0.1, -0.05) is 0 Å². The fourth-order valence-corrected chi connectivity index (χ4v) is 1.73. The van der Waals surface area contributed by atoms with Crippen LogP contribution in [-0.2, 0) is 6.42 Å². The van der Waals surface area contributed by atoms with Gasteiger partial charge in [-0.15, -0.1) is 0 Å². The van der Waals surface area contributed by atoms with Crippen molar-refractivity contribution in [3.63, 3.8) is 0 Å². The summed E-state index contributed by atoms with van der Waals surface area (Å²) in [5.41, 5.74) is 2.31. The number of fused-ring (bicyclic) bond motifs is 1. The van der Waals surface area contributed by atoms with Gasteiger partial charge in [-0.25, -0.2) is 4.58 Å². The number of hydrogen-bond acceptors (Lipinski definition) is 2. The number of benzene rings is 1. The van der Waals surface area contributed by atoms with Crippen LogP contribution in [0.25, 0.3) is 0 Å². The van der Waals surface area contributed by atoms with Gasteiger partial charge in [-0.05, 0) is 17.7 Å². The number of ether oxygens (including phenoxy) is 1. The molecule has 0 bridgehead atoms. The third-order valence-electron chi connectivity index (χ3n) is 2.53. The van der Waals surface area contributed by atoms with Gasteiger partial charge >= 0.3 is 0 Å². The van der Waals surface area contributed by atoms with Crippen molar-refractivity contribution < 1.29 is 38.4 Å². The summed E-state index contributed by atoms with van der Waals surface area (Å²) in [5.74, 6) is 0.763. The molecule has 0 saturated carbocycles. The van der Waals surface area contributed by atoms with Crippen molar-refractivity contribution >= 4 is 6.21 Å². The lowest BCUT2D eigenvalue weighted by atomic mass is 10.0. The number of rotatable bonds is 1. The second kappa shape index (κ2) is 4.83. The smallest absolute Gasteiger partial charge is 0.170 e. The van der Waals surface area contributed by atoms with Crippen LogP contribution in [0, 0.1) is 0 Å². The van der Waals surface area contributed by atoms with Crippen molar-refractivity contribution in [1.82, 2.24) is 0 Å². The summed E-state index contributed by atoms with van der Waals surface area (Å²) in [4.78, 5) is 0. The predicted molar refractivity (Wildman–Crippen MR) is 54.6 cm³/mol. The summed E-state index contributed by atoms with van der Waals surface area (Å²) in [6.45, 7) is 1.01. The minimum absolute atomic E-state index is 0. The molecule has 2 rings (SSSR count). The zero-order valence-corrected chi connectivity index (χ0v) is 11.0. The topological polar surface area (TPSA) is 32.5 Å². The molecule has 0 saturated heterocycles. The zero-order valence-electron chi connectivity index (χ0n) is 8.83. The van der Waals surface area contributed by atoms with Crippen LogP contribution in [0.3, 0.4) is 0 Å². The normalized spacial score (nSPS) is 13.6. The molecule has 0 spiro atoms. The molecule has 0 atom stereocenters. The number of phenolic OH excluding ortho intramolecular Hbond substituents is 1. The van der Waals surface area contributed by atoms with E-state index in [0.717, 1.165) is 18.5 Å². The maximum absolute atomic E-state index is 9.59. The molecule has 0 aromatic heterocycles. The molecular weight excluding hydrogens is 305 g/mol. The van der Waals surface area contributed by atoms with E-state index in [9.17, 15) is 5.11 Å². The Labute approximate surface area is 106 Å². The summed E-state index contributed by atoms with van der Waals surface area (Å²) in [5, 5.41) is 9.59. The van der Waals surface area contributed by atoms with E-state index >= 15 is 0 Å². The molecule has 0 aliphatic carbocycles. The first-order chi connectivity index (χ1) is 6.70. The molecule has 0 fully saturated rings. The molecule has 1 aliphatic rings. The molecule has 3 nitrogen and oxygen atoms in total. The van der Waals surface area contributed by atoms with E-state index in [-0.39, 0.29) is 29.7 Å². The van der Waals surface area contributed by atoms with Crippen molar-refractivity contribution in [3.05, 3.63) is 23.3 Å². The van der Waals surface area contributed by atoms with Crippen molar-refractivity contribution in [2.45, 2.75) is 6.42 Å². The van der Waals surface area contributed by atoms with Gasteiger partial charge in [0.2, 0.25) is 0 Å². The summed E-state index contributed by atoms with van der Waals surface area (Å²) in [6, 6.07) is 3.66. The zero-order chi connectivity index (χ0) is 10.1. The van der Waals surface area contributed by atoms with Crippen LogP contribution in [-0.4, -0.2) is 36.6 Å². The largest absolute Gasteiger partial charge is 1.00 e. The van der Waals surface area contributed by atoms with Crippen molar-refractivity contribution in [2.24, 2.45) is 0 Å². The Hall–Kier alpha value is -0.780. The molecule has 0 amide bonds. The average molecular weight is 319 g/mol. The monoisotopic (exact) mass is 319 g/mol. The highest BCUT2D eigenvalue weighted by molar-refractivity contribution is 5.80. The molecule has 1 aromatic carbocycles. The highest BCUT2D eigenvalue weighted by Crippen LogP contribution is 2.29. The first-order valence-corrected chi connectivity index (χ1v) is 4.65. The minimum Gasteiger partial charge on any atom is -1.00 e. The summed E-state index contributed by atoms with van der Waals surface area (Å²) >= 11 is 0. The van der Waals surface area contributed by atoms with Crippen LogP contribution < -0.4 is 28.7 Å². The van der Waals surface area contributed by atoms with E-state index in [0.29, 0.717) is 5.75 Å². The fourth-order valence-electron chi connectivity index (χ4n) is 1.73. The Balaban J connectivity index is 0.00000112. The van der Waals surface area contributed by atoms with Gasteiger partial charge in [-0.2, -0.15) is 0 Å². The predicted octanol–water partition coefficient (Wildman–Crippen LogP) is -1.98. The Morgan fingerprint density at radius 1 is 1.40 bits per heavy atom. The van der Waals surface area contributed by atoms with E-state index in [4.69, 9.17) is 4.74 Å². The van der Waals surface area contributed by atoms with Gasteiger partial charge in [-0.3, -0.25) is 0 Å². The number of nitrogens with zero attached hydrogens (tertiary/aromatic N) is 1. The van der Waals surface area contributed by atoms with Gasteiger partial charge < -0.3 is 33.8 Å². The van der Waals surface area contributed by atoms with Crippen LogP contribution in [0.1, 0.15) is 11.1 Å². The third kappa shape index (κ3) is 2.42. The second-order valence-electron chi connectivity index (χ2n) is 3.58. The van der Waals surface area contributed by atoms with Crippen LogP contribution in [0.15, 0.2) is 12.1 Å². The van der Waals surface area contributed by atoms with Crippen molar-refractivity contribution in [3.8, 4) is 11.5 Å². The molecule has 1 aromatic rings. The van der Waals surface area contributed by atoms with Gasteiger partial charge in [0, 0.05) is 12.0 Å². The highest BCUT2D eigenvalue weighted by Gasteiger charge is 2.15. The number of halogens is 1. The maximum Gasteiger partial charge on any atom is 0.170 e. The minimum atomic E-state index is 0. The number of methoxy groups -OCH3 is 1. The fraction of sp³-hybridized carbons (Fsp3) is 0.364. The van der Waals surface area contributed by atoms with E-state index in [1.165, 1.54) is 5.56 Å². The van der Waals surface area contributed by atoms with Crippen LogP contribution in [0.5, 0.6) is 11.5 Å². The van der Waals surface area contributed by atoms with E-state index in [1.807, 2.05) is 19.3 Å². The Morgan fingerprint density at radius 2 is 2.13 bits per heavy atom. The molecular formula is C11H14INO2. The molecule has 1 aliphatic heterocycles. The van der Waals surface area contributed by atoms with Crippen LogP contribution >= 0.6 is 0 Å². The van der Waals surface area contributed by atoms with E-state index < -0.39 is 0 Å². The average Bonchev–Trinajstić information content (AvgIpc) is 2.16. The summed E-state index contributed by atoms with van der Waals surface area (Å²) in [7, 11) is 3.60. The Bertz CT molecular complexity index is 402. The van der Waals surface area contributed by atoms with E-state index in [2.05, 4.69) is 4.58 Å². The van der Waals surface area contributed by atoms with Crippen LogP contribution in [0.4, 0.5) is 0 Å². The molecule has 1 heterocycles. The number of phenols is 1. The summed E-state index contributed by atoms with van der Waals surface area (Å²) in [6.07, 6.45) is 3.04. The molecule has 0 unspecified atom stereocenters. The number of aromatic hydroxyl groups is 1. The number of hydrogen-bond donors (Lipinski definition) is 1. The quantitative estimate of drug-likeness (QED) is 0.481. The van der Waals surface area contributed by atoms with Gasteiger partial charge in [0.05, 0.1) is 7.11 Å². The molecule has 4 heteroatoms. The lowest BCUT2D eigenvalue weighted by Gasteiger charge is -2.12. The van der Waals surface area contributed by atoms with Crippen molar-refractivity contribution in [2.75, 3.05) is 20.7 Å². The first kappa shape index (κ1) is 12.3. The maximum atomic E-state index is 9.59. The SMILES string of the molecule is COc1cc2c(cc1O)C=[N+](C)CC2.[I-]. The molecule has 15 heavy (non-hydrogen) atoms. The second-order valence-corrected chi connectivity index (χ2v) is 3.58. The van der Waals surface area contributed by atoms with Gasteiger partial charge in [0.25, 0.3) is 0 Å². The Morgan fingerprint density at radius 3 is 2.80 bits per heavy atom. The van der Waals surface area contributed by atoms with Gasteiger partial charge in [0.15, 0.2) is 17.7 Å². The van der Waals surface area contributed by atoms with Gasteiger partial charge in [0.1, 0.15) is 13.6 Å². The molecule has 0 radical (unpaired) electrons. The third-order valence-corrected chi connectivity index (χ3v) is 2.53. The highest BCUT2D eigenvalue weighted by atomic mass is 127. The molecule has 1 N–H and O–H groups in total.